The minimum Gasteiger partial charge on any atom is -0.396 e. The van der Waals surface area contributed by atoms with E-state index in [0.29, 0.717) is 5.95 Å². The van der Waals surface area contributed by atoms with Gasteiger partial charge in [-0.15, -0.1) is 0 Å². The van der Waals surface area contributed by atoms with E-state index in [9.17, 15) is 0 Å². The van der Waals surface area contributed by atoms with E-state index in [-0.39, 0.29) is 6.61 Å². The number of hydrogen-bond donors (Lipinski definition) is 4. The fraction of sp³-hybridized carbons (Fsp3) is 0.435. The van der Waals surface area contributed by atoms with Crippen LogP contribution in [-0.4, -0.2) is 46.3 Å². The number of nitrogens with zero attached hydrogens (tertiary/aromatic N) is 3. The number of benzene rings is 1. The maximum atomic E-state index is 8.86. The number of fused-ring (bicyclic) bond motifs is 1. The van der Waals surface area contributed by atoms with Gasteiger partial charge in [-0.3, -0.25) is 4.98 Å². The fourth-order valence-electron chi connectivity index (χ4n) is 3.28. The first-order valence-corrected chi connectivity index (χ1v) is 10.7. The maximum Gasteiger partial charge on any atom is 0.224 e. The van der Waals surface area contributed by atoms with Gasteiger partial charge in [-0.25, -0.2) is 4.98 Å². The molecule has 0 aliphatic carbocycles. The smallest absolute Gasteiger partial charge is 0.224 e. The number of aryl methyl sites for hydroxylation is 2. The number of aromatic nitrogens is 3. The Morgan fingerprint density at radius 3 is 2.43 bits per heavy atom. The molecule has 0 aliphatic heterocycles. The van der Waals surface area contributed by atoms with Crippen molar-refractivity contribution in [3.05, 3.63) is 47.8 Å². The van der Waals surface area contributed by atoms with Crippen LogP contribution in [-0.2, 0) is 0 Å². The van der Waals surface area contributed by atoms with E-state index in [1.165, 1.54) is 5.56 Å². The number of rotatable bonds is 12. The van der Waals surface area contributed by atoms with E-state index < -0.39 is 0 Å². The molecule has 0 unspecified atom stereocenters. The monoisotopic (exact) mass is 408 g/mol. The number of aliphatic hydroxyl groups excluding tert-OH is 1. The molecule has 0 radical (unpaired) electrons. The van der Waals surface area contributed by atoms with Crippen LogP contribution in [0.4, 0.5) is 17.5 Å². The van der Waals surface area contributed by atoms with Crippen molar-refractivity contribution in [1.29, 1.82) is 0 Å². The van der Waals surface area contributed by atoms with E-state index in [1.807, 2.05) is 25.3 Å². The van der Waals surface area contributed by atoms with Crippen molar-refractivity contribution < 1.29 is 5.11 Å². The molecule has 0 fully saturated rings. The summed E-state index contributed by atoms with van der Waals surface area (Å²) in [7, 11) is 0. The average Bonchev–Trinajstić information content (AvgIpc) is 2.73. The Balaban J connectivity index is 1.41. The van der Waals surface area contributed by atoms with E-state index >= 15 is 0 Å². The Morgan fingerprint density at radius 2 is 1.60 bits per heavy atom. The molecule has 0 atom stereocenters. The second-order valence-electron chi connectivity index (χ2n) is 7.52. The number of aliphatic hydroxyl groups is 1. The summed E-state index contributed by atoms with van der Waals surface area (Å²) in [5, 5.41) is 20.2. The molecule has 3 rings (SSSR count). The fourth-order valence-corrected chi connectivity index (χ4v) is 3.28. The van der Waals surface area contributed by atoms with E-state index in [4.69, 9.17) is 5.11 Å². The van der Waals surface area contributed by atoms with Crippen LogP contribution in [0.2, 0.25) is 0 Å². The van der Waals surface area contributed by atoms with Gasteiger partial charge in [-0.2, -0.15) is 4.98 Å². The quantitative estimate of drug-likeness (QED) is 0.335. The van der Waals surface area contributed by atoms with Crippen LogP contribution >= 0.6 is 0 Å². The molecule has 1 aromatic carbocycles. The highest BCUT2D eigenvalue weighted by Crippen LogP contribution is 2.22. The van der Waals surface area contributed by atoms with Crippen molar-refractivity contribution in [2.75, 3.05) is 42.2 Å². The Bertz CT molecular complexity index is 946. The van der Waals surface area contributed by atoms with Crippen molar-refractivity contribution in [2.45, 2.75) is 39.5 Å². The van der Waals surface area contributed by atoms with Gasteiger partial charge < -0.3 is 21.1 Å². The standard InChI is InChI=1S/C23H32N6O/c1-17-7-8-19-20(9-13-25-21(19)15-17)24-10-3-4-11-26-22-16-18(2)28-23(29-22)27-12-5-6-14-30/h7-9,13,15-16,30H,3-6,10-12,14H2,1-2H3,(H,24,25)(H2,26,27,28,29). The topological polar surface area (TPSA) is 95.0 Å². The second kappa shape index (κ2) is 11.3. The lowest BCUT2D eigenvalue weighted by Gasteiger charge is -2.11. The zero-order valence-corrected chi connectivity index (χ0v) is 17.9. The number of anilines is 3. The third kappa shape index (κ3) is 6.56. The summed E-state index contributed by atoms with van der Waals surface area (Å²) < 4.78 is 0. The number of unbranched alkanes of at least 4 members (excludes halogenated alkanes) is 2. The highest BCUT2D eigenvalue weighted by atomic mass is 16.2. The molecule has 3 aromatic rings. The van der Waals surface area contributed by atoms with Gasteiger partial charge in [0.1, 0.15) is 5.82 Å². The molecular formula is C23H32N6O. The van der Waals surface area contributed by atoms with Crippen LogP contribution in [0.1, 0.15) is 36.9 Å². The van der Waals surface area contributed by atoms with Crippen LogP contribution in [0.5, 0.6) is 0 Å². The number of nitrogens with one attached hydrogen (secondary N) is 3. The Kier molecular flexibility index (Phi) is 8.20. The van der Waals surface area contributed by atoms with E-state index in [0.717, 1.165) is 73.4 Å². The van der Waals surface area contributed by atoms with E-state index in [2.05, 4.69) is 56.0 Å². The van der Waals surface area contributed by atoms with Gasteiger partial charge in [0.25, 0.3) is 0 Å². The third-order valence-electron chi connectivity index (χ3n) is 4.85. The van der Waals surface area contributed by atoms with Gasteiger partial charge in [-0.05, 0) is 57.2 Å². The van der Waals surface area contributed by atoms with Crippen LogP contribution in [0.25, 0.3) is 10.9 Å². The van der Waals surface area contributed by atoms with Gasteiger partial charge >= 0.3 is 0 Å². The van der Waals surface area contributed by atoms with Crippen molar-refractivity contribution in [3.8, 4) is 0 Å². The summed E-state index contributed by atoms with van der Waals surface area (Å²) in [6.07, 6.45) is 5.64. The van der Waals surface area contributed by atoms with Crippen LogP contribution in [0.15, 0.2) is 36.5 Å². The first-order valence-electron chi connectivity index (χ1n) is 10.7. The van der Waals surface area contributed by atoms with Gasteiger partial charge in [0.05, 0.1) is 5.52 Å². The molecule has 4 N–H and O–H groups in total. The first kappa shape index (κ1) is 21.8. The summed E-state index contributed by atoms with van der Waals surface area (Å²) in [6, 6.07) is 10.4. The van der Waals surface area contributed by atoms with Crippen LogP contribution < -0.4 is 16.0 Å². The summed E-state index contributed by atoms with van der Waals surface area (Å²) in [5.74, 6) is 1.48. The lowest BCUT2D eigenvalue weighted by atomic mass is 10.1. The summed E-state index contributed by atoms with van der Waals surface area (Å²) in [5.41, 5.74) is 4.32. The zero-order chi connectivity index (χ0) is 21.2. The number of pyridine rings is 1. The van der Waals surface area contributed by atoms with Crippen molar-refractivity contribution in [1.82, 2.24) is 15.0 Å². The van der Waals surface area contributed by atoms with E-state index in [1.54, 1.807) is 0 Å². The third-order valence-corrected chi connectivity index (χ3v) is 4.85. The number of hydrogen-bond acceptors (Lipinski definition) is 7. The first-order chi connectivity index (χ1) is 14.7. The van der Waals surface area contributed by atoms with Crippen LogP contribution in [0.3, 0.4) is 0 Å². The van der Waals surface area contributed by atoms with Crippen LogP contribution in [0, 0.1) is 13.8 Å². The predicted molar refractivity (Wildman–Crippen MR) is 124 cm³/mol. The molecule has 0 saturated heterocycles. The van der Waals surface area contributed by atoms with Gasteiger partial charge in [-0.1, -0.05) is 12.1 Å². The highest BCUT2D eigenvalue weighted by molar-refractivity contribution is 5.91. The maximum absolute atomic E-state index is 8.86. The molecule has 0 aliphatic rings. The minimum atomic E-state index is 0.217. The molecule has 0 bridgehead atoms. The largest absolute Gasteiger partial charge is 0.396 e. The second-order valence-corrected chi connectivity index (χ2v) is 7.52. The highest BCUT2D eigenvalue weighted by Gasteiger charge is 2.03. The lowest BCUT2D eigenvalue weighted by molar-refractivity contribution is 0.286. The zero-order valence-electron chi connectivity index (χ0n) is 17.9. The molecule has 2 heterocycles. The Hall–Kier alpha value is -2.93. The molecule has 7 heteroatoms. The molecular weight excluding hydrogens is 376 g/mol. The molecule has 160 valence electrons. The molecule has 0 spiro atoms. The SMILES string of the molecule is Cc1ccc2c(NCCCCNc3cc(C)nc(NCCCCO)n3)ccnc2c1. The van der Waals surface area contributed by atoms with Crippen molar-refractivity contribution in [3.63, 3.8) is 0 Å². The Morgan fingerprint density at radius 1 is 0.833 bits per heavy atom. The molecule has 0 saturated carbocycles. The minimum absolute atomic E-state index is 0.217. The molecule has 30 heavy (non-hydrogen) atoms. The van der Waals surface area contributed by atoms with Gasteiger partial charge in [0.2, 0.25) is 5.95 Å². The molecule has 2 aromatic heterocycles. The Labute approximate surface area is 178 Å². The van der Waals surface area contributed by atoms with Crippen molar-refractivity contribution in [2.24, 2.45) is 0 Å². The summed E-state index contributed by atoms with van der Waals surface area (Å²) in [4.78, 5) is 13.4. The van der Waals surface area contributed by atoms with Gasteiger partial charge in [0, 0.05) is 55.3 Å². The average molecular weight is 409 g/mol. The summed E-state index contributed by atoms with van der Waals surface area (Å²) >= 11 is 0. The predicted octanol–water partition coefficient (Wildman–Crippen LogP) is 4.13. The van der Waals surface area contributed by atoms with Crippen molar-refractivity contribution >= 4 is 28.4 Å². The lowest BCUT2D eigenvalue weighted by Crippen LogP contribution is -2.11. The van der Waals surface area contributed by atoms with Gasteiger partial charge in [0.15, 0.2) is 0 Å². The molecule has 7 nitrogen and oxygen atoms in total. The normalized spacial score (nSPS) is 10.9. The molecule has 0 amide bonds. The summed E-state index contributed by atoms with van der Waals surface area (Å²) in [6.45, 7) is 6.81.